The van der Waals surface area contributed by atoms with Crippen LogP contribution in [0, 0.1) is 10.2 Å². The first kappa shape index (κ1) is 14.3. The molecule has 2 N–H and O–H groups in total. The molecule has 0 saturated heterocycles. The fourth-order valence-corrected chi connectivity index (χ4v) is 1.09. The van der Waals surface area contributed by atoms with Crippen molar-refractivity contribution >= 4 is 10.1 Å². The molecule has 0 aliphatic rings. The topological polar surface area (TPSA) is 144 Å². The fourth-order valence-electron chi connectivity index (χ4n) is 0.592. The molecule has 9 heteroatoms. The Bertz CT molecular complexity index is 376. The number of hydrogen-bond donors (Lipinski definition) is 2. The highest BCUT2D eigenvalue weighted by Crippen LogP contribution is 2.05. The van der Waals surface area contributed by atoms with E-state index in [1.807, 2.05) is 0 Å². The Kier molecular flexibility index (Phi) is 5.11. The Morgan fingerprint density at radius 3 is 1.60 bits per heavy atom. The highest BCUT2D eigenvalue weighted by Gasteiger charge is 2.05. The lowest BCUT2D eigenvalue weighted by molar-refractivity contribution is -1.92. The smallest absolute Gasteiger partial charge is 0.282 e. The van der Waals surface area contributed by atoms with Gasteiger partial charge in [-0.3, -0.25) is 4.55 Å². The molecule has 15 heavy (non-hydrogen) atoms. The van der Waals surface area contributed by atoms with E-state index < -0.39 is 20.4 Å². The molecule has 1 rings (SSSR count). The minimum absolute atomic E-state index is 0.0741. The van der Waals surface area contributed by atoms with Crippen LogP contribution in [0.5, 0.6) is 0 Å². The lowest BCUT2D eigenvalue weighted by Gasteiger charge is -2.03. The van der Waals surface area contributed by atoms with E-state index >= 15 is 0 Å². The summed E-state index contributed by atoms with van der Waals surface area (Å²) in [5, 5.41) is 0. The zero-order valence-electron chi connectivity index (χ0n) is 7.11. The SMILES string of the molecule is O=S(=O)(O)c1ccccc1.[O-][Cl+3]([O-])([O-])O. The zero-order valence-corrected chi connectivity index (χ0v) is 8.68. The molecule has 7 nitrogen and oxygen atoms in total. The molecule has 0 aliphatic heterocycles. The van der Waals surface area contributed by atoms with Crippen molar-refractivity contribution in [1.82, 2.24) is 0 Å². The van der Waals surface area contributed by atoms with E-state index in [1.54, 1.807) is 18.2 Å². The molecule has 0 fully saturated rings. The summed E-state index contributed by atoms with van der Waals surface area (Å²) in [6, 6.07) is 7.42. The van der Waals surface area contributed by atoms with Gasteiger partial charge in [0.1, 0.15) is 0 Å². The summed E-state index contributed by atoms with van der Waals surface area (Å²) in [6.07, 6.45) is 0. The lowest BCUT2D eigenvalue weighted by atomic mass is 10.4. The Labute approximate surface area is 87.7 Å². The van der Waals surface area contributed by atoms with Crippen LogP contribution in [0.25, 0.3) is 0 Å². The summed E-state index contributed by atoms with van der Waals surface area (Å²) < 4.78 is 62.0. The molecule has 0 aliphatic carbocycles. The Balaban J connectivity index is 0.000000336. The van der Waals surface area contributed by atoms with Crippen molar-refractivity contribution in [2.24, 2.45) is 0 Å². The quantitative estimate of drug-likeness (QED) is 0.505. The largest absolute Gasteiger partial charge is 0.294 e. The minimum atomic E-state index is -4.69. The van der Waals surface area contributed by atoms with Crippen LogP contribution in [0.15, 0.2) is 35.2 Å². The molecule has 0 aromatic heterocycles. The Hall–Kier alpha value is -0.740. The summed E-state index contributed by atoms with van der Waals surface area (Å²) in [6.45, 7) is 0. The Morgan fingerprint density at radius 1 is 1.07 bits per heavy atom. The molecule has 1 aromatic rings. The standard InChI is InChI=1S/C6H6O3S.ClHO4/c7-10(8,9)6-4-2-1-3-5-6;2-1(3,4)5/h1-5H,(H,7,8,9);(H,2,3,4,5). The first-order valence-corrected chi connectivity index (χ1v) is 5.97. The lowest BCUT2D eigenvalue weighted by Crippen LogP contribution is -2.58. The van der Waals surface area contributed by atoms with Crippen molar-refractivity contribution < 1.29 is 41.8 Å². The first-order valence-electron chi connectivity index (χ1n) is 3.26. The van der Waals surface area contributed by atoms with Gasteiger partial charge in [0.25, 0.3) is 10.1 Å². The molecule has 0 radical (unpaired) electrons. The van der Waals surface area contributed by atoms with Crippen LogP contribution in [0.4, 0.5) is 0 Å². The molecule has 0 atom stereocenters. The summed E-state index contributed by atoms with van der Waals surface area (Å²) >= 11 is 0. The van der Waals surface area contributed by atoms with Crippen molar-refractivity contribution in [1.29, 1.82) is 0 Å². The predicted molar refractivity (Wildman–Crippen MR) is 38.5 cm³/mol. The van der Waals surface area contributed by atoms with Crippen molar-refractivity contribution in [3.8, 4) is 0 Å². The maximum absolute atomic E-state index is 10.4. The van der Waals surface area contributed by atoms with Gasteiger partial charge in [0, 0.05) is 0 Å². The first-order chi connectivity index (χ1) is 6.61. The maximum atomic E-state index is 10.4. The minimum Gasteiger partial charge on any atom is -0.282 e. The summed E-state index contributed by atoms with van der Waals surface area (Å²) in [7, 11) is -8.70. The van der Waals surface area contributed by atoms with Crippen LogP contribution in [-0.2, 0) is 10.1 Å². The number of rotatable bonds is 1. The van der Waals surface area contributed by atoms with E-state index in [1.165, 1.54) is 12.1 Å². The molecule has 0 bridgehead atoms. The molecule has 0 heterocycles. The number of halogens is 1. The zero-order chi connectivity index (χ0) is 12.1. The van der Waals surface area contributed by atoms with Crippen molar-refractivity contribution in [3.05, 3.63) is 30.3 Å². The molecule has 0 amide bonds. The van der Waals surface area contributed by atoms with E-state index in [2.05, 4.69) is 0 Å². The highest BCUT2D eigenvalue weighted by molar-refractivity contribution is 7.85. The normalized spacial score (nSPS) is 11.5. The van der Waals surface area contributed by atoms with Gasteiger partial charge >= 0.3 is 0 Å². The van der Waals surface area contributed by atoms with Crippen LogP contribution in [-0.4, -0.2) is 17.6 Å². The fraction of sp³-hybridized carbons (Fsp3) is 0. The average Bonchev–Trinajstić information content (AvgIpc) is 2.01. The third-order valence-electron chi connectivity index (χ3n) is 1.04. The number of hydrogen-bond acceptors (Lipinski definition) is 6. The van der Waals surface area contributed by atoms with Crippen LogP contribution < -0.4 is 14.0 Å². The van der Waals surface area contributed by atoms with Crippen molar-refractivity contribution in [2.45, 2.75) is 4.90 Å². The van der Waals surface area contributed by atoms with Gasteiger partial charge in [-0.2, -0.15) is 22.4 Å². The van der Waals surface area contributed by atoms with Gasteiger partial charge in [0.05, 0.1) is 19.8 Å². The van der Waals surface area contributed by atoms with Crippen LogP contribution in [0.1, 0.15) is 0 Å². The van der Waals surface area contributed by atoms with Gasteiger partial charge in [0.15, 0.2) is 0 Å². The second kappa shape index (κ2) is 5.37. The maximum Gasteiger partial charge on any atom is 0.294 e. The Morgan fingerprint density at radius 2 is 1.40 bits per heavy atom. The van der Waals surface area contributed by atoms with E-state index in [-0.39, 0.29) is 4.90 Å². The molecule has 0 unspecified atom stereocenters. The molecule has 1 aromatic carbocycles. The van der Waals surface area contributed by atoms with E-state index in [9.17, 15) is 8.42 Å². The van der Waals surface area contributed by atoms with Crippen molar-refractivity contribution in [3.63, 3.8) is 0 Å². The van der Waals surface area contributed by atoms with Gasteiger partial charge in [-0.25, -0.2) is 0 Å². The summed E-state index contributed by atoms with van der Waals surface area (Å²) in [4.78, 5) is -0.0741. The molecule has 86 valence electrons. The third-order valence-corrected chi connectivity index (χ3v) is 1.91. The monoisotopic (exact) mass is 258 g/mol. The predicted octanol–water partition coefficient (Wildman–Crippen LogP) is -3.19. The third kappa shape index (κ3) is 9.56. The molecular formula is C6H7ClO7S. The second-order valence-electron chi connectivity index (χ2n) is 2.18. The van der Waals surface area contributed by atoms with E-state index in [4.69, 9.17) is 23.2 Å². The van der Waals surface area contributed by atoms with Gasteiger partial charge in [-0.1, -0.05) is 18.2 Å². The van der Waals surface area contributed by atoms with Crippen LogP contribution >= 0.6 is 0 Å². The highest BCUT2D eigenvalue weighted by atomic mass is 35.7. The van der Waals surface area contributed by atoms with Crippen LogP contribution in [0.3, 0.4) is 0 Å². The van der Waals surface area contributed by atoms with Gasteiger partial charge in [-0.05, 0) is 12.1 Å². The molecular weight excluding hydrogens is 252 g/mol. The van der Waals surface area contributed by atoms with Gasteiger partial charge < -0.3 is 0 Å². The summed E-state index contributed by atoms with van der Waals surface area (Å²) in [5.41, 5.74) is 0. The van der Waals surface area contributed by atoms with Gasteiger partial charge in [0.2, 0.25) is 0 Å². The number of benzene rings is 1. The summed E-state index contributed by atoms with van der Waals surface area (Å²) in [5.74, 6) is 0. The second-order valence-corrected chi connectivity index (χ2v) is 4.40. The van der Waals surface area contributed by atoms with Crippen molar-refractivity contribution in [2.75, 3.05) is 0 Å². The molecule has 0 saturated carbocycles. The van der Waals surface area contributed by atoms with E-state index in [0.29, 0.717) is 0 Å². The van der Waals surface area contributed by atoms with Crippen LogP contribution in [0.2, 0.25) is 0 Å². The van der Waals surface area contributed by atoms with Gasteiger partial charge in [-0.15, -0.1) is 0 Å². The average molecular weight is 259 g/mol. The molecule has 0 spiro atoms. The van der Waals surface area contributed by atoms with E-state index in [0.717, 1.165) is 0 Å².